The van der Waals surface area contributed by atoms with Crippen molar-refractivity contribution in [2.45, 2.75) is 31.6 Å². The SMILES string of the molecule is CC1(C)CCCN(S(=O)(=O)c2ccc(OCCCl)cc2)C1. The molecule has 1 aromatic rings. The predicted octanol–water partition coefficient (Wildman–Crippen LogP) is 3.11. The first-order valence-corrected chi connectivity index (χ1v) is 9.12. The Balaban J connectivity index is 2.15. The Morgan fingerprint density at radius 3 is 2.52 bits per heavy atom. The molecule has 1 heterocycles. The maximum absolute atomic E-state index is 12.7. The number of hydrogen-bond acceptors (Lipinski definition) is 3. The van der Waals surface area contributed by atoms with Crippen LogP contribution in [0.5, 0.6) is 5.75 Å². The molecule has 0 atom stereocenters. The van der Waals surface area contributed by atoms with Gasteiger partial charge >= 0.3 is 0 Å². The van der Waals surface area contributed by atoms with E-state index in [2.05, 4.69) is 13.8 Å². The largest absolute Gasteiger partial charge is 0.492 e. The topological polar surface area (TPSA) is 46.6 Å². The van der Waals surface area contributed by atoms with Crippen LogP contribution in [0.25, 0.3) is 0 Å². The Kier molecular flexibility index (Phi) is 5.17. The summed E-state index contributed by atoms with van der Waals surface area (Å²) >= 11 is 5.56. The van der Waals surface area contributed by atoms with Crippen molar-refractivity contribution in [3.8, 4) is 5.75 Å². The van der Waals surface area contributed by atoms with Crippen molar-refractivity contribution in [2.24, 2.45) is 5.41 Å². The van der Waals surface area contributed by atoms with Crippen LogP contribution < -0.4 is 4.74 Å². The van der Waals surface area contributed by atoms with Crippen molar-refractivity contribution < 1.29 is 13.2 Å². The summed E-state index contributed by atoms with van der Waals surface area (Å²) in [5, 5.41) is 0. The summed E-state index contributed by atoms with van der Waals surface area (Å²) in [6.07, 6.45) is 1.97. The maximum atomic E-state index is 12.7. The van der Waals surface area contributed by atoms with E-state index in [-0.39, 0.29) is 5.41 Å². The third-order valence-electron chi connectivity index (χ3n) is 3.67. The minimum Gasteiger partial charge on any atom is -0.492 e. The van der Waals surface area contributed by atoms with Crippen molar-refractivity contribution in [2.75, 3.05) is 25.6 Å². The number of halogens is 1. The minimum absolute atomic E-state index is 0.0364. The van der Waals surface area contributed by atoms with Gasteiger partial charge in [0.2, 0.25) is 10.0 Å². The molecule has 0 spiro atoms. The molecule has 0 aromatic heterocycles. The summed E-state index contributed by atoms with van der Waals surface area (Å²) in [6.45, 7) is 5.79. The van der Waals surface area contributed by atoms with Gasteiger partial charge in [-0.25, -0.2) is 8.42 Å². The lowest BCUT2D eigenvalue weighted by molar-refractivity contribution is 0.187. The van der Waals surface area contributed by atoms with Crippen LogP contribution in [0.15, 0.2) is 29.2 Å². The number of benzene rings is 1. The molecule has 6 heteroatoms. The number of alkyl halides is 1. The molecule has 1 fully saturated rings. The molecule has 0 aliphatic carbocycles. The van der Waals surface area contributed by atoms with Crippen LogP contribution >= 0.6 is 11.6 Å². The molecule has 1 saturated heterocycles. The van der Waals surface area contributed by atoms with E-state index in [4.69, 9.17) is 16.3 Å². The first kappa shape index (κ1) is 16.6. The highest BCUT2D eigenvalue weighted by molar-refractivity contribution is 7.89. The second kappa shape index (κ2) is 6.55. The number of ether oxygens (including phenoxy) is 1. The highest BCUT2D eigenvalue weighted by Crippen LogP contribution is 2.32. The molecule has 118 valence electrons. The van der Waals surface area contributed by atoms with E-state index >= 15 is 0 Å². The number of sulfonamides is 1. The summed E-state index contributed by atoms with van der Waals surface area (Å²) in [5.41, 5.74) is 0.0364. The zero-order valence-electron chi connectivity index (χ0n) is 12.5. The van der Waals surface area contributed by atoms with Gasteiger partial charge in [0.1, 0.15) is 12.4 Å². The summed E-state index contributed by atoms with van der Waals surface area (Å²) < 4.78 is 32.3. The second-order valence-corrected chi connectivity index (χ2v) is 8.43. The molecule has 2 rings (SSSR count). The Bertz CT molecular complexity index is 569. The molecule has 0 N–H and O–H groups in total. The van der Waals surface area contributed by atoms with Crippen LogP contribution in [-0.2, 0) is 10.0 Å². The molecule has 0 unspecified atom stereocenters. The molecule has 0 bridgehead atoms. The van der Waals surface area contributed by atoms with Crippen molar-refractivity contribution in [3.05, 3.63) is 24.3 Å². The second-order valence-electron chi connectivity index (χ2n) is 6.12. The van der Waals surface area contributed by atoms with Crippen molar-refractivity contribution >= 4 is 21.6 Å². The standard InChI is InChI=1S/C15H22ClNO3S/c1-15(2)8-3-10-17(12-15)21(18,19)14-6-4-13(5-7-14)20-11-9-16/h4-7H,3,8-12H2,1-2H3. The average molecular weight is 332 g/mol. The summed E-state index contributed by atoms with van der Waals surface area (Å²) in [5.74, 6) is 1.04. The van der Waals surface area contributed by atoms with E-state index in [0.29, 0.717) is 36.2 Å². The Morgan fingerprint density at radius 2 is 1.95 bits per heavy atom. The molecule has 1 aliphatic rings. The van der Waals surface area contributed by atoms with Gasteiger partial charge in [0, 0.05) is 13.1 Å². The quantitative estimate of drug-likeness (QED) is 0.779. The van der Waals surface area contributed by atoms with Gasteiger partial charge in [-0.15, -0.1) is 11.6 Å². The van der Waals surface area contributed by atoms with Crippen LogP contribution in [0.3, 0.4) is 0 Å². The van der Waals surface area contributed by atoms with Crippen LogP contribution in [0.1, 0.15) is 26.7 Å². The van der Waals surface area contributed by atoms with Gasteiger partial charge in [0.25, 0.3) is 0 Å². The van der Waals surface area contributed by atoms with Gasteiger partial charge in [-0.05, 0) is 42.5 Å². The Hall–Kier alpha value is -0.780. The number of rotatable bonds is 5. The van der Waals surface area contributed by atoms with Crippen LogP contribution in [-0.4, -0.2) is 38.3 Å². The van der Waals surface area contributed by atoms with Gasteiger partial charge in [-0.3, -0.25) is 0 Å². The molecular weight excluding hydrogens is 310 g/mol. The number of piperidine rings is 1. The zero-order chi connectivity index (χ0) is 15.5. The predicted molar refractivity (Wildman–Crippen MR) is 84.4 cm³/mol. The highest BCUT2D eigenvalue weighted by atomic mass is 35.5. The summed E-state index contributed by atoms with van der Waals surface area (Å²) in [4.78, 5) is 0.318. The fraction of sp³-hybridized carbons (Fsp3) is 0.600. The molecule has 0 saturated carbocycles. The molecule has 0 amide bonds. The lowest BCUT2D eigenvalue weighted by Crippen LogP contribution is -2.43. The monoisotopic (exact) mass is 331 g/mol. The van der Waals surface area contributed by atoms with E-state index in [1.807, 2.05) is 0 Å². The van der Waals surface area contributed by atoms with Crippen molar-refractivity contribution in [1.82, 2.24) is 4.31 Å². The van der Waals surface area contributed by atoms with Gasteiger partial charge < -0.3 is 4.74 Å². The van der Waals surface area contributed by atoms with E-state index in [0.717, 1.165) is 12.8 Å². The maximum Gasteiger partial charge on any atom is 0.243 e. The van der Waals surface area contributed by atoms with E-state index in [1.54, 1.807) is 28.6 Å². The highest BCUT2D eigenvalue weighted by Gasteiger charge is 2.33. The normalized spacial score (nSPS) is 19.4. The average Bonchev–Trinajstić information content (AvgIpc) is 2.44. The van der Waals surface area contributed by atoms with Gasteiger partial charge in [-0.1, -0.05) is 13.8 Å². The smallest absolute Gasteiger partial charge is 0.243 e. The Morgan fingerprint density at radius 1 is 1.29 bits per heavy atom. The lowest BCUT2D eigenvalue weighted by Gasteiger charge is -2.37. The fourth-order valence-electron chi connectivity index (χ4n) is 2.59. The van der Waals surface area contributed by atoms with Crippen molar-refractivity contribution in [3.63, 3.8) is 0 Å². The molecular formula is C15H22ClNO3S. The first-order valence-electron chi connectivity index (χ1n) is 7.14. The van der Waals surface area contributed by atoms with E-state index in [9.17, 15) is 8.42 Å². The molecule has 21 heavy (non-hydrogen) atoms. The van der Waals surface area contributed by atoms with E-state index < -0.39 is 10.0 Å². The summed E-state index contributed by atoms with van der Waals surface area (Å²) in [6, 6.07) is 6.55. The van der Waals surface area contributed by atoms with Gasteiger partial charge in [0.05, 0.1) is 10.8 Å². The lowest BCUT2D eigenvalue weighted by atomic mass is 9.85. The molecule has 0 radical (unpaired) electrons. The molecule has 1 aliphatic heterocycles. The fourth-order valence-corrected chi connectivity index (χ4v) is 4.33. The third kappa shape index (κ3) is 4.11. The van der Waals surface area contributed by atoms with E-state index in [1.165, 1.54) is 0 Å². The van der Waals surface area contributed by atoms with Gasteiger partial charge in [-0.2, -0.15) is 4.31 Å². The van der Waals surface area contributed by atoms with Gasteiger partial charge in [0.15, 0.2) is 0 Å². The minimum atomic E-state index is -3.42. The zero-order valence-corrected chi connectivity index (χ0v) is 14.1. The molecule has 4 nitrogen and oxygen atoms in total. The van der Waals surface area contributed by atoms with Crippen molar-refractivity contribution in [1.29, 1.82) is 0 Å². The van der Waals surface area contributed by atoms with Crippen LogP contribution in [0.4, 0.5) is 0 Å². The number of hydrogen-bond donors (Lipinski definition) is 0. The number of nitrogens with zero attached hydrogens (tertiary/aromatic N) is 1. The molecule has 1 aromatic carbocycles. The van der Waals surface area contributed by atoms with Crippen LogP contribution in [0, 0.1) is 5.41 Å². The first-order chi connectivity index (χ1) is 9.85. The Labute approximate surface area is 132 Å². The third-order valence-corrected chi connectivity index (χ3v) is 5.69. The van der Waals surface area contributed by atoms with Crippen LogP contribution in [0.2, 0.25) is 0 Å². The summed E-state index contributed by atoms with van der Waals surface area (Å²) in [7, 11) is -3.42.